The van der Waals surface area contributed by atoms with Crippen LogP contribution in [-0.2, 0) is 32.7 Å². The molecule has 0 aliphatic rings. The van der Waals surface area contributed by atoms with Crippen molar-refractivity contribution in [2.24, 2.45) is 5.73 Å². The lowest BCUT2D eigenvalue weighted by Gasteiger charge is -2.19. The third-order valence-corrected chi connectivity index (χ3v) is 10.9. The lowest BCUT2D eigenvalue weighted by Crippen LogP contribution is -2.29. The third-order valence-electron chi connectivity index (χ3n) is 9.92. The number of hydrogen-bond acceptors (Lipinski definition) is 8. The van der Waals surface area contributed by atoms with Crippen molar-refractivity contribution >= 4 is 19.8 Å². The van der Waals surface area contributed by atoms with Crippen molar-refractivity contribution in [3.8, 4) is 0 Å². The zero-order chi connectivity index (χ0) is 43.2. The highest BCUT2D eigenvalue weighted by Gasteiger charge is 2.25. The van der Waals surface area contributed by atoms with Crippen molar-refractivity contribution in [1.29, 1.82) is 0 Å². The second kappa shape index (κ2) is 45.2. The van der Waals surface area contributed by atoms with Crippen LogP contribution in [0.2, 0.25) is 0 Å². The smallest absolute Gasteiger partial charge is 0.462 e. The number of phosphoric ester groups is 1. The molecule has 0 amide bonds. The predicted molar refractivity (Wildman–Crippen MR) is 247 cm³/mol. The van der Waals surface area contributed by atoms with Crippen LogP contribution in [0.15, 0.2) is 60.8 Å². The molecule has 0 bridgehead atoms. The van der Waals surface area contributed by atoms with Crippen LogP contribution in [0.5, 0.6) is 0 Å². The molecule has 0 rings (SSSR count). The minimum atomic E-state index is -4.40. The number of phosphoric acid groups is 1. The zero-order valence-corrected chi connectivity index (χ0v) is 38.6. The summed E-state index contributed by atoms with van der Waals surface area (Å²) < 4.78 is 32.8. The van der Waals surface area contributed by atoms with Gasteiger partial charge in [0, 0.05) is 19.4 Å². The summed E-state index contributed by atoms with van der Waals surface area (Å²) in [5.74, 6) is -0.921. The van der Waals surface area contributed by atoms with Crippen molar-refractivity contribution < 1.29 is 37.6 Å². The summed E-state index contributed by atoms with van der Waals surface area (Å²) in [6, 6.07) is 0. The second-order valence-corrected chi connectivity index (χ2v) is 17.1. The van der Waals surface area contributed by atoms with Crippen LogP contribution >= 0.6 is 7.82 Å². The molecular weight excluding hydrogens is 762 g/mol. The Morgan fingerprint density at radius 2 is 0.915 bits per heavy atom. The van der Waals surface area contributed by atoms with Crippen molar-refractivity contribution in [1.82, 2.24) is 0 Å². The highest BCUT2D eigenvalue weighted by Crippen LogP contribution is 2.43. The minimum Gasteiger partial charge on any atom is -0.462 e. The number of carbonyl (C=O) groups excluding carboxylic acids is 2. The number of esters is 2. The summed E-state index contributed by atoms with van der Waals surface area (Å²) in [6.45, 7) is 3.64. The fourth-order valence-electron chi connectivity index (χ4n) is 6.38. The van der Waals surface area contributed by atoms with E-state index in [0.717, 1.165) is 44.9 Å². The Kier molecular flexibility index (Phi) is 43.5. The first-order valence-electron chi connectivity index (χ1n) is 23.8. The summed E-state index contributed by atoms with van der Waals surface area (Å²) in [4.78, 5) is 34.9. The number of nitrogens with two attached hydrogens (primary N) is 1. The van der Waals surface area contributed by atoms with Gasteiger partial charge in [-0.15, -0.1) is 0 Å². The molecule has 0 aromatic carbocycles. The van der Waals surface area contributed by atoms with Crippen LogP contribution in [-0.4, -0.2) is 49.3 Å². The monoisotopic (exact) mass is 850 g/mol. The first-order valence-corrected chi connectivity index (χ1v) is 25.3. The molecule has 342 valence electrons. The summed E-state index contributed by atoms with van der Waals surface area (Å²) in [7, 11) is -4.40. The summed E-state index contributed by atoms with van der Waals surface area (Å²) >= 11 is 0. The molecule has 1 unspecified atom stereocenters. The molecule has 0 aromatic rings. The maximum absolute atomic E-state index is 12.6. The van der Waals surface area contributed by atoms with Crippen LogP contribution in [0.4, 0.5) is 0 Å². The molecule has 0 radical (unpaired) electrons. The Morgan fingerprint density at radius 1 is 0.508 bits per heavy atom. The summed E-state index contributed by atoms with van der Waals surface area (Å²) in [5.41, 5.74) is 5.35. The molecule has 2 atom stereocenters. The molecule has 0 aliphatic heterocycles. The van der Waals surface area contributed by atoms with E-state index in [9.17, 15) is 19.0 Å². The fourth-order valence-corrected chi connectivity index (χ4v) is 7.15. The molecule has 10 heteroatoms. The van der Waals surface area contributed by atoms with Gasteiger partial charge in [0.25, 0.3) is 0 Å². The van der Waals surface area contributed by atoms with Gasteiger partial charge < -0.3 is 20.1 Å². The van der Waals surface area contributed by atoms with E-state index < -0.39 is 32.5 Å². The number of unbranched alkanes of at least 4 members (excludes halogenated alkanes) is 21. The molecule has 0 heterocycles. The lowest BCUT2D eigenvalue weighted by atomic mass is 10.0. The number of allylic oxidation sites excluding steroid dienone is 10. The van der Waals surface area contributed by atoms with Crippen LogP contribution in [0.1, 0.15) is 206 Å². The maximum Gasteiger partial charge on any atom is 0.472 e. The molecule has 0 aromatic heterocycles. The Hall–Kier alpha value is -2.29. The largest absolute Gasteiger partial charge is 0.472 e. The maximum atomic E-state index is 12.6. The van der Waals surface area contributed by atoms with Crippen molar-refractivity contribution in [2.75, 3.05) is 26.4 Å². The van der Waals surface area contributed by atoms with Crippen molar-refractivity contribution in [3.05, 3.63) is 60.8 Å². The van der Waals surface area contributed by atoms with Gasteiger partial charge in [0.05, 0.1) is 13.2 Å². The fraction of sp³-hybridized carbons (Fsp3) is 0.755. The Balaban J connectivity index is 4.20. The molecule has 0 saturated carbocycles. The summed E-state index contributed by atoms with van der Waals surface area (Å²) in [5, 5.41) is 0. The van der Waals surface area contributed by atoms with E-state index in [-0.39, 0.29) is 32.6 Å². The number of rotatable bonds is 44. The van der Waals surface area contributed by atoms with Gasteiger partial charge in [-0.25, -0.2) is 4.57 Å². The van der Waals surface area contributed by atoms with E-state index in [0.29, 0.717) is 6.42 Å². The molecule has 9 nitrogen and oxygen atoms in total. The quantitative estimate of drug-likeness (QED) is 0.0266. The highest BCUT2D eigenvalue weighted by atomic mass is 31.2. The molecule has 59 heavy (non-hydrogen) atoms. The molecule has 0 aliphatic carbocycles. The highest BCUT2D eigenvalue weighted by molar-refractivity contribution is 7.47. The van der Waals surface area contributed by atoms with Gasteiger partial charge in [-0.1, -0.05) is 203 Å². The van der Waals surface area contributed by atoms with E-state index in [4.69, 9.17) is 24.3 Å². The average molecular weight is 850 g/mol. The van der Waals surface area contributed by atoms with Gasteiger partial charge in [-0.2, -0.15) is 0 Å². The van der Waals surface area contributed by atoms with Crippen molar-refractivity contribution in [3.63, 3.8) is 0 Å². The number of ether oxygens (including phenoxy) is 2. The van der Waals surface area contributed by atoms with E-state index >= 15 is 0 Å². The number of hydrogen-bond donors (Lipinski definition) is 2. The first kappa shape index (κ1) is 56.7. The molecular formula is C49H88NO8P. The Bertz CT molecular complexity index is 1150. The number of carbonyl (C=O) groups is 2. The SMILES string of the molecule is CCCCC/C=C\C/C=C\C/C=C\C/C=C\C/C=C\CCC(=O)O[C@H](COC(=O)CCCCCCCCCCCCCCCCCCCCC)COP(=O)(O)OCCN. The molecule has 0 saturated heterocycles. The topological polar surface area (TPSA) is 134 Å². The van der Waals surface area contributed by atoms with E-state index in [1.165, 1.54) is 128 Å². The Morgan fingerprint density at radius 3 is 1.37 bits per heavy atom. The standard InChI is InChI=1S/C49H88NO8P/c1-3-5-7-9-11-13-15-17-19-21-23-25-27-29-31-33-35-37-39-41-48(51)55-45-47(46-57-59(53,54)56-44-43-50)58-49(52)42-40-38-36-34-32-30-28-26-24-22-20-18-16-14-12-10-8-6-4-2/h12,14,18,20,24,26,30,32,36,38,47H,3-11,13,15-17,19,21-23,25,27-29,31,33-35,37,39-46,50H2,1-2H3,(H,53,54)/b14-12-,20-18-,26-24-,32-30-,38-36-/t47-/m1/s1. The zero-order valence-electron chi connectivity index (χ0n) is 37.7. The molecule has 3 N–H and O–H groups in total. The molecule has 0 spiro atoms. The minimum absolute atomic E-state index is 0.0410. The van der Waals surface area contributed by atoms with E-state index in [2.05, 4.69) is 62.5 Å². The van der Waals surface area contributed by atoms with Gasteiger partial charge in [-0.3, -0.25) is 18.6 Å². The van der Waals surface area contributed by atoms with E-state index in [1.807, 2.05) is 12.2 Å². The predicted octanol–water partition coefficient (Wildman–Crippen LogP) is 14.1. The average Bonchev–Trinajstić information content (AvgIpc) is 3.22. The van der Waals surface area contributed by atoms with Gasteiger partial charge in [-0.05, 0) is 51.4 Å². The van der Waals surface area contributed by atoms with Crippen molar-refractivity contribution in [2.45, 2.75) is 213 Å². The Labute approximate surface area is 361 Å². The van der Waals surface area contributed by atoms with Gasteiger partial charge in [0.2, 0.25) is 0 Å². The second-order valence-electron chi connectivity index (χ2n) is 15.6. The lowest BCUT2D eigenvalue weighted by molar-refractivity contribution is -0.161. The summed E-state index contributed by atoms with van der Waals surface area (Å²) in [6.07, 6.45) is 54.1. The van der Waals surface area contributed by atoms with Crippen LogP contribution < -0.4 is 5.73 Å². The van der Waals surface area contributed by atoms with Crippen LogP contribution in [0.25, 0.3) is 0 Å². The van der Waals surface area contributed by atoms with Crippen LogP contribution in [0.3, 0.4) is 0 Å². The van der Waals surface area contributed by atoms with Crippen LogP contribution in [0, 0.1) is 0 Å². The van der Waals surface area contributed by atoms with E-state index in [1.54, 1.807) is 0 Å². The normalized spacial score (nSPS) is 13.8. The molecule has 0 fully saturated rings. The van der Waals surface area contributed by atoms with Gasteiger partial charge >= 0.3 is 19.8 Å². The van der Waals surface area contributed by atoms with Gasteiger partial charge in [0.1, 0.15) is 6.61 Å². The van der Waals surface area contributed by atoms with Gasteiger partial charge in [0.15, 0.2) is 6.10 Å². The first-order chi connectivity index (χ1) is 28.8. The third kappa shape index (κ3) is 45.1.